The predicted octanol–water partition coefficient (Wildman–Crippen LogP) is 0.858. The number of aryl methyl sites for hydroxylation is 2. The van der Waals surface area contributed by atoms with Gasteiger partial charge in [-0.15, -0.1) is 5.10 Å². The molecule has 8 nitrogen and oxygen atoms in total. The Bertz CT molecular complexity index is 606. The summed E-state index contributed by atoms with van der Waals surface area (Å²) in [5.74, 6) is 0.263. The number of amides is 1. The highest BCUT2D eigenvalue weighted by Gasteiger charge is 2.16. The Morgan fingerprint density at radius 1 is 1.50 bits per heavy atom. The smallest absolute Gasteiger partial charge is 0.410 e. The normalized spacial score (nSPS) is 10.3. The summed E-state index contributed by atoms with van der Waals surface area (Å²) in [6.45, 7) is 1.76. The zero-order chi connectivity index (χ0) is 13.3. The number of hydrogen-bond acceptors (Lipinski definition) is 5. The number of carbonyl (C=O) groups is 1. The van der Waals surface area contributed by atoms with Crippen LogP contribution >= 0.6 is 0 Å². The number of nitrogens with two attached hydrogens (primary N) is 1. The van der Waals surface area contributed by atoms with Crippen LogP contribution in [0.2, 0.25) is 0 Å². The first-order valence-corrected chi connectivity index (χ1v) is 5.12. The molecule has 0 spiro atoms. The van der Waals surface area contributed by atoms with E-state index in [0.29, 0.717) is 22.8 Å². The summed E-state index contributed by atoms with van der Waals surface area (Å²) in [5, 5.41) is 18.7. The summed E-state index contributed by atoms with van der Waals surface area (Å²) in [5.41, 5.74) is 7.77. The standard InChI is InChI=1S/C10H12N6O2/c1-5-6(11)3-4-7(12-5)8-9(13-10(17)18)16(2)15-14-8/h3-4,13H,11H2,1-2H3,(H,17,18). The third-order valence-electron chi connectivity index (χ3n) is 2.42. The van der Waals surface area contributed by atoms with Crippen molar-refractivity contribution in [3.05, 3.63) is 17.8 Å². The lowest BCUT2D eigenvalue weighted by atomic mass is 10.2. The van der Waals surface area contributed by atoms with Gasteiger partial charge in [-0.3, -0.25) is 5.32 Å². The van der Waals surface area contributed by atoms with E-state index in [-0.39, 0.29) is 5.82 Å². The summed E-state index contributed by atoms with van der Waals surface area (Å²) in [7, 11) is 1.59. The van der Waals surface area contributed by atoms with Gasteiger partial charge in [-0.25, -0.2) is 14.5 Å². The van der Waals surface area contributed by atoms with Gasteiger partial charge in [0.05, 0.1) is 17.1 Å². The number of rotatable bonds is 2. The van der Waals surface area contributed by atoms with E-state index in [1.165, 1.54) is 4.68 Å². The Balaban J connectivity index is 2.50. The van der Waals surface area contributed by atoms with E-state index in [2.05, 4.69) is 20.6 Å². The van der Waals surface area contributed by atoms with Crippen molar-refractivity contribution in [1.29, 1.82) is 0 Å². The highest BCUT2D eigenvalue weighted by molar-refractivity contribution is 5.86. The predicted molar refractivity (Wildman–Crippen MR) is 65.0 cm³/mol. The van der Waals surface area contributed by atoms with Crippen molar-refractivity contribution in [3.8, 4) is 11.4 Å². The van der Waals surface area contributed by atoms with Crippen molar-refractivity contribution in [2.24, 2.45) is 7.05 Å². The molecule has 0 saturated heterocycles. The molecule has 94 valence electrons. The lowest BCUT2D eigenvalue weighted by Crippen LogP contribution is -2.12. The van der Waals surface area contributed by atoms with Crippen molar-refractivity contribution in [2.45, 2.75) is 6.92 Å². The number of nitrogens with one attached hydrogen (secondary N) is 1. The highest BCUT2D eigenvalue weighted by Crippen LogP contribution is 2.24. The van der Waals surface area contributed by atoms with Crippen LogP contribution in [0.3, 0.4) is 0 Å². The molecule has 0 atom stereocenters. The molecule has 18 heavy (non-hydrogen) atoms. The molecule has 0 aromatic carbocycles. The molecule has 2 heterocycles. The molecule has 0 saturated carbocycles. The largest absolute Gasteiger partial charge is 0.465 e. The minimum atomic E-state index is -1.19. The van der Waals surface area contributed by atoms with Crippen molar-refractivity contribution in [1.82, 2.24) is 20.0 Å². The Labute approximate surface area is 102 Å². The Morgan fingerprint density at radius 3 is 2.83 bits per heavy atom. The van der Waals surface area contributed by atoms with Gasteiger partial charge in [0, 0.05) is 7.05 Å². The first-order chi connectivity index (χ1) is 8.49. The van der Waals surface area contributed by atoms with E-state index in [1.807, 2.05) is 0 Å². The minimum absolute atomic E-state index is 0.263. The van der Waals surface area contributed by atoms with Gasteiger partial charge in [0.2, 0.25) is 0 Å². The van der Waals surface area contributed by atoms with Crippen molar-refractivity contribution < 1.29 is 9.90 Å². The van der Waals surface area contributed by atoms with Crippen LogP contribution in [0.4, 0.5) is 16.3 Å². The monoisotopic (exact) mass is 248 g/mol. The molecule has 0 aliphatic carbocycles. The van der Waals surface area contributed by atoms with E-state index in [0.717, 1.165) is 0 Å². The average Bonchev–Trinajstić information content (AvgIpc) is 2.64. The fourth-order valence-electron chi connectivity index (χ4n) is 1.47. The Morgan fingerprint density at radius 2 is 2.22 bits per heavy atom. The summed E-state index contributed by atoms with van der Waals surface area (Å²) >= 11 is 0. The lowest BCUT2D eigenvalue weighted by Gasteiger charge is -2.05. The van der Waals surface area contributed by atoms with Crippen LogP contribution < -0.4 is 11.1 Å². The number of anilines is 2. The molecule has 2 rings (SSSR count). The lowest BCUT2D eigenvalue weighted by molar-refractivity contribution is 0.209. The SMILES string of the molecule is Cc1nc(-c2nnn(C)c2NC(=O)O)ccc1N. The maximum absolute atomic E-state index is 10.7. The van der Waals surface area contributed by atoms with Crippen LogP contribution in [0.15, 0.2) is 12.1 Å². The molecule has 1 amide bonds. The van der Waals surface area contributed by atoms with Crippen LogP contribution in [0.25, 0.3) is 11.4 Å². The van der Waals surface area contributed by atoms with E-state index in [4.69, 9.17) is 10.8 Å². The molecule has 0 bridgehead atoms. The molecule has 8 heteroatoms. The minimum Gasteiger partial charge on any atom is -0.465 e. The van der Waals surface area contributed by atoms with Crippen LogP contribution in [0.1, 0.15) is 5.69 Å². The second kappa shape index (κ2) is 4.32. The van der Waals surface area contributed by atoms with E-state index in [1.54, 1.807) is 26.1 Å². The molecule has 0 aliphatic heterocycles. The summed E-state index contributed by atoms with van der Waals surface area (Å²) in [6.07, 6.45) is -1.19. The summed E-state index contributed by atoms with van der Waals surface area (Å²) in [4.78, 5) is 15.0. The molecule has 4 N–H and O–H groups in total. The Kier molecular flexibility index (Phi) is 2.84. The number of carboxylic acid groups (broad SMARTS) is 1. The molecule has 2 aromatic heterocycles. The van der Waals surface area contributed by atoms with Gasteiger partial charge in [-0.1, -0.05) is 5.21 Å². The second-order valence-corrected chi connectivity index (χ2v) is 3.71. The van der Waals surface area contributed by atoms with Crippen LogP contribution in [-0.2, 0) is 7.05 Å². The highest BCUT2D eigenvalue weighted by atomic mass is 16.4. The van der Waals surface area contributed by atoms with Crippen LogP contribution in [0.5, 0.6) is 0 Å². The van der Waals surface area contributed by atoms with Gasteiger partial charge in [0.1, 0.15) is 0 Å². The van der Waals surface area contributed by atoms with Gasteiger partial charge in [0.15, 0.2) is 11.5 Å². The molecule has 0 unspecified atom stereocenters. The average molecular weight is 248 g/mol. The molecular formula is C10H12N6O2. The first-order valence-electron chi connectivity index (χ1n) is 5.12. The van der Waals surface area contributed by atoms with E-state index in [9.17, 15) is 4.79 Å². The number of pyridine rings is 1. The third kappa shape index (κ3) is 2.08. The summed E-state index contributed by atoms with van der Waals surface area (Å²) in [6, 6.07) is 3.36. The summed E-state index contributed by atoms with van der Waals surface area (Å²) < 4.78 is 1.33. The van der Waals surface area contributed by atoms with Crippen LogP contribution in [0, 0.1) is 6.92 Å². The molecule has 0 radical (unpaired) electrons. The maximum atomic E-state index is 10.7. The third-order valence-corrected chi connectivity index (χ3v) is 2.42. The van der Waals surface area contributed by atoms with Crippen molar-refractivity contribution in [2.75, 3.05) is 11.1 Å². The van der Waals surface area contributed by atoms with Gasteiger partial charge in [-0.05, 0) is 19.1 Å². The van der Waals surface area contributed by atoms with Crippen molar-refractivity contribution in [3.63, 3.8) is 0 Å². The molecule has 0 fully saturated rings. The number of nitrogen functional groups attached to an aromatic ring is 1. The molecule has 2 aromatic rings. The zero-order valence-corrected chi connectivity index (χ0v) is 9.88. The van der Waals surface area contributed by atoms with Gasteiger partial charge in [0.25, 0.3) is 0 Å². The Hall–Kier alpha value is -2.64. The van der Waals surface area contributed by atoms with Crippen molar-refractivity contribution >= 4 is 17.6 Å². The topological polar surface area (TPSA) is 119 Å². The van der Waals surface area contributed by atoms with Gasteiger partial charge in [-0.2, -0.15) is 0 Å². The van der Waals surface area contributed by atoms with E-state index >= 15 is 0 Å². The number of nitrogens with zero attached hydrogens (tertiary/aromatic N) is 4. The molecule has 0 aliphatic rings. The van der Waals surface area contributed by atoms with Crippen LogP contribution in [-0.4, -0.2) is 31.2 Å². The molecular weight excluding hydrogens is 236 g/mol. The fraction of sp³-hybridized carbons (Fsp3) is 0.200. The number of aromatic nitrogens is 4. The second-order valence-electron chi connectivity index (χ2n) is 3.71. The van der Waals surface area contributed by atoms with Gasteiger partial charge >= 0.3 is 6.09 Å². The maximum Gasteiger partial charge on any atom is 0.410 e. The first kappa shape index (κ1) is 11.8. The van der Waals surface area contributed by atoms with Gasteiger partial charge < -0.3 is 10.8 Å². The number of hydrogen-bond donors (Lipinski definition) is 3. The fourth-order valence-corrected chi connectivity index (χ4v) is 1.47. The quantitative estimate of drug-likeness (QED) is 0.725. The van der Waals surface area contributed by atoms with E-state index < -0.39 is 6.09 Å². The zero-order valence-electron chi connectivity index (χ0n) is 9.88.